The number of hydrogen-bond donors (Lipinski definition) is 1. The fourth-order valence-electron chi connectivity index (χ4n) is 3.94. The second kappa shape index (κ2) is 9.21. The molecule has 1 N–H and O–H groups in total. The summed E-state index contributed by atoms with van der Waals surface area (Å²) in [5.74, 6) is -0.953. The van der Waals surface area contributed by atoms with Gasteiger partial charge in [-0.15, -0.1) is 0 Å². The minimum atomic E-state index is -4.87. The van der Waals surface area contributed by atoms with Gasteiger partial charge in [0, 0.05) is 17.6 Å². The maximum atomic E-state index is 13.8. The first kappa shape index (κ1) is 25.1. The molecular weight excluding hydrogens is 542 g/mol. The van der Waals surface area contributed by atoms with Crippen LogP contribution in [0.2, 0.25) is 0 Å². The maximum absolute atomic E-state index is 13.8. The third-order valence-electron chi connectivity index (χ3n) is 5.67. The van der Waals surface area contributed by atoms with Gasteiger partial charge in [-0.1, -0.05) is 40.2 Å². The van der Waals surface area contributed by atoms with Crippen LogP contribution in [0.15, 0.2) is 53.0 Å². The van der Waals surface area contributed by atoms with Crippen molar-refractivity contribution in [2.75, 3.05) is 11.4 Å². The summed E-state index contributed by atoms with van der Waals surface area (Å²) in [5, 5.41) is 6.26. The van der Waals surface area contributed by atoms with E-state index >= 15 is 0 Å². The summed E-state index contributed by atoms with van der Waals surface area (Å²) in [5.41, 5.74) is -1.58. The number of benzene rings is 2. The van der Waals surface area contributed by atoms with E-state index in [4.69, 9.17) is 0 Å². The van der Waals surface area contributed by atoms with E-state index in [9.17, 15) is 31.1 Å². The molecule has 0 fully saturated rings. The molecule has 35 heavy (non-hydrogen) atoms. The zero-order valence-corrected chi connectivity index (χ0v) is 19.8. The fraction of sp³-hybridized carbons (Fsp3) is 0.304. The third kappa shape index (κ3) is 5.31. The highest BCUT2D eigenvalue weighted by atomic mass is 79.9. The van der Waals surface area contributed by atoms with Gasteiger partial charge in [0.2, 0.25) is 0 Å². The molecule has 1 aliphatic heterocycles. The Balaban J connectivity index is 1.64. The van der Waals surface area contributed by atoms with Crippen LogP contribution in [0.5, 0.6) is 0 Å². The van der Waals surface area contributed by atoms with E-state index in [1.165, 1.54) is 17.0 Å². The van der Waals surface area contributed by atoms with Crippen LogP contribution < -0.4 is 10.2 Å². The number of nitrogens with one attached hydrogen (secondary N) is 1. The van der Waals surface area contributed by atoms with E-state index in [1.807, 2.05) is 0 Å². The lowest BCUT2D eigenvalue weighted by atomic mass is 10.1. The summed E-state index contributed by atoms with van der Waals surface area (Å²) in [6.07, 6.45) is -9.37. The first-order valence-corrected chi connectivity index (χ1v) is 11.3. The van der Waals surface area contributed by atoms with E-state index in [-0.39, 0.29) is 25.5 Å². The molecule has 5 nitrogen and oxygen atoms in total. The first-order chi connectivity index (χ1) is 16.3. The van der Waals surface area contributed by atoms with Gasteiger partial charge < -0.3 is 10.2 Å². The number of amides is 1. The average Bonchev–Trinajstić information content (AvgIpc) is 3.34. The number of anilines is 1. The van der Waals surface area contributed by atoms with Crippen molar-refractivity contribution >= 4 is 27.7 Å². The molecule has 0 spiro atoms. The number of nitrogens with zero attached hydrogens (tertiary/aromatic N) is 3. The molecule has 0 saturated carbocycles. The van der Waals surface area contributed by atoms with Crippen molar-refractivity contribution in [1.82, 2.24) is 15.1 Å². The summed E-state index contributed by atoms with van der Waals surface area (Å²) in [4.78, 5) is 14.6. The van der Waals surface area contributed by atoms with Crippen LogP contribution in [0.3, 0.4) is 0 Å². The predicted molar refractivity (Wildman–Crippen MR) is 120 cm³/mol. The Hall–Kier alpha value is -3.02. The smallest absolute Gasteiger partial charge is 0.350 e. The van der Waals surface area contributed by atoms with Crippen molar-refractivity contribution in [3.63, 3.8) is 0 Å². The zero-order valence-electron chi connectivity index (χ0n) is 18.2. The lowest BCUT2D eigenvalue weighted by Crippen LogP contribution is -2.31. The van der Waals surface area contributed by atoms with Crippen molar-refractivity contribution in [1.29, 1.82) is 0 Å². The molecule has 0 aliphatic carbocycles. The molecule has 2 aromatic carbocycles. The van der Waals surface area contributed by atoms with Crippen molar-refractivity contribution in [3.05, 3.63) is 81.0 Å². The summed E-state index contributed by atoms with van der Waals surface area (Å²) >= 11 is 3.30. The molecule has 0 radical (unpaired) electrons. The molecule has 0 unspecified atom stereocenters. The molecule has 0 bridgehead atoms. The molecule has 1 aliphatic rings. The summed E-state index contributed by atoms with van der Waals surface area (Å²) in [7, 11) is 0. The average molecular weight is 561 g/mol. The van der Waals surface area contributed by atoms with E-state index in [1.54, 1.807) is 31.2 Å². The highest BCUT2D eigenvalue weighted by molar-refractivity contribution is 9.10. The molecule has 1 amide bonds. The number of rotatable bonds is 5. The van der Waals surface area contributed by atoms with Crippen molar-refractivity contribution < 1.29 is 31.1 Å². The second-order valence-corrected chi connectivity index (χ2v) is 9.05. The second-order valence-electron chi connectivity index (χ2n) is 8.13. The SMILES string of the molecule is C[C@H](NC(=O)c1c(C(F)(F)F)nn2c1N(Cc1ccc(C(F)(F)F)cc1)CC2)c1ccc(Br)cc1. The number of carbonyl (C=O) groups excluding carboxylic acids is 1. The lowest BCUT2D eigenvalue weighted by molar-refractivity contribution is -0.142. The van der Waals surface area contributed by atoms with Crippen LogP contribution in [0.1, 0.15) is 45.7 Å². The number of halogens is 7. The Labute approximate surface area is 204 Å². The molecular formula is C23H19BrF6N4O. The number of fused-ring (bicyclic) bond motifs is 1. The van der Waals surface area contributed by atoms with Gasteiger partial charge in [-0.25, -0.2) is 4.68 Å². The van der Waals surface area contributed by atoms with Crippen molar-refractivity contribution in [2.24, 2.45) is 0 Å². The largest absolute Gasteiger partial charge is 0.436 e. The minimum Gasteiger partial charge on any atom is -0.350 e. The standard InChI is InChI=1S/C23H19BrF6N4O/c1-13(15-4-8-17(24)9-5-15)31-20(35)18-19(23(28,29)30)32-34-11-10-33(21(18)34)12-14-2-6-16(7-3-14)22(25,26)27/h2-9,13H,10-12H2,1H3,(H,31,35)/t13-/m0/s1. The maximum Gasteiger partial charge on any atom is 0.436 e. The van der Waals surface area contributed by atoms with E-state index < -0.39 is 41.1 Å². The van der Waals surface area contributed by atoms with Crippen LogP contribution in [0.25, 0.3) is 0 Å². The molecule has 12 heteroatoms. The van der Waals surface area contributed by atoms with E-state index in [0.29, 0.717) is 11.1 Å². The zero-order chi connectivity index (χ0) is 25.5. The van der Waals surface area contributed by atoms with Crippen LogP contribution in [-0.4, -0.2) is 22.2 Å². The fourth-order valence-corrected chi connectivity index (χ4v) is 4.20. The van der Waals surface area contributed by atoms with Gasteiger partial charge >= 0.3 is 12.4 Å². The quantitative estimate of drug-likeness (QED) is 0.378. The summed E-state index contributed by atoms with van der Waals surface area (Å²) in [6, 6.07) is 10.7. The topological polar surface area (TPSA) is 50.2 Å². The van der Waals surface area contributed by atoms with Crippen molar-refractivity contribution in [2.45, 2.75) is 38.4 Å². The summed E-state index contributed by atoms with van der Waals surface area (Å²) < 4.78 is 81.9. The number of alkyl halides is 6. The molecule has 186 valence electrons. The molecule has 0 saturated heterocycles. The van der Waals surface area contributed by atoms with Gasteiger partial charge in [-0.3, -0.25) is 4.79 Å². The van der Waals surface area contributed by atoms with Gasteiger partial charge in [0.25, 0.3) is 5.91 Å². The molecule has 3 aromatic rings. The molecule has 1 atom stereocenters. The minimum absolute atomic E-state index is 0.0160. The number of hydrogen-bond acceptors (Lipinski definition) is 3. The lowest BCUT2D eigenvalue weighted by Gasteiger charge is -2.21. The van der Waals surface area contributed by atoms with Gasteiger partial charge in [0.15, 0.2) is 5.69 Å². The van der Waals surface area contributed by atoms with E-state index in [2.05, 4.69) is 26.3 Å². The van der Waals surface area contributed by atoms with Crippen LogP contribution >= 0.6 is 15.9 Å². The Morgan fingerprint density at radius 2 is 1.63 bits per heavy atom. The van der Waals surface area contributed by atoms with Gasteiger partial charge in [0.05, 0.1) is 18.2 Å². The van der Waals surface area contributed by atoms with Crippen molar-refractivity contribution in [3.8, 4) is 0 Å². The number of carbonyl (C=O) groups is 1. The highest BCUT2D eigenvalue weighted by Crippen LogP contribution is 2.39. The Kier molecular flexibility index (Phi) is 6.60. The Morgan fingerprint density at radius 1 is 1.00 bits per heavy atom. The van der Waals surface area contributed by atoms with E-state index in [0.717, 1.165) is 21.3 Å². The van der Waals surface area contributed by atoms with Crippen LogP contribution in [-0.2, 0) is 25.4 Å². The van der Waals surface area contributed by atoms with Crippen LogP contribution in [0, 0.1) is 0 Å². The Bertz CT molecular complexity index is 1220. The van der Waals surface area contributed by atoms with Crippen LogP contribution in [0.4, 0.5) is 32.2 Å². The van der Waals surface area contributed by atoms with Gasteiger partial charge in [-0.05, 0) is 42.3 Å². The molecule has 2 heterocycles. The summed E-state index contributed by atoms with van der Waals surface area (Å²) in [6.45, 7) is 2.03. The van der Waals surface area contributed by atoms with Gasteiger partial charge in [0.1, 0.15) is 11.4 Å². The monoisotopic (exact) mass is 560 g/mol. The Morgan fingerprint density at radius 3 is 2.20 bits per heavy atom. The highest BCUT2D eigenvalue weighted by Gasteiger charge is 2.44. The first-order valence-electron chi connectivity index (χ1n) is 10.5. The normalized spacial score (nSPS) is 14.7. The number of aromatic nitrogens is 2. The third-order valence-corrected chi connectivity index (χ3v) is 6.20. The predicted octanol–water partition coefficient (Wildman–Crippen LogP) is 6.19. The molecule has 1 aromatic heterocycles. The molecule has 4 rings (SSSR count). The van der Waals surface area contributed by atoms with Gasteiger partial charge in [-0.2, -0.15) is 31.4 Å².